The zero-order valence-corrected chi connectivity index (χ0v) is 31.6. The minimum Gasteiger partial charge on any atom is -0.462 e. The van der Waals surface area contributed by atoms with Gasteiger partial charge in [-0.3, -0.25) is 9.59 Å². The Morgan fingerprint density at radius 2 is 0.809 bits per heavy atom. The predicted octanol–water partition coefficient (Wildman–Crippen LogP) is 12.9. The van der Waals surface area contributed by atoms with Gasteiger partial charge in [0, 0.05) is 12.8 Å². The fourth-order valence-corrected chi connectivity index (χ4v) is 6.12. The van der Waals surface area contributed by atoms with Crippen LogP contribution in [0.15, 0.2) is 12.2 Å². The van der Waals surface area contributed by atoms with E-state index in [0.717, 1.165) is 44.9 Å². The van der Waals surface area contributed by atoms with E-state index < -0.39 is 6.10 Å². The Kier molecular flexibility index (Phi) is 38.0. The highest BCUT2D eigenvalue weighted by molar-refractivity contribution is 5.70. The van der Waals surface area contributed by atoms with E-state index in [1.165, 1.54) is 154 Å². The molecule has 0 bridgehead atoms. The van der Waals surface area contributed by atoms with Crippen LogP contribution in [0.3, 0.4) is 0 Å². The standard InChI is InChI=1S/C42H80O5/c1-3-5-7-9-11-13-15-16-17-18-19-20-21-22-23-24-25-27-29-31-33-35-37-42(45)47-40(38-43)39-46-41(44)36-34-32-30-28-26-14-12-10-8-6-4-2/h10,12,40,43H,3-9,11,13-39H2,1-2H3/b12-10+/t40-/m0/s1. The molecule has 0 radical (unpaired) electrons. The highest BCUT2D eigenvalue weighted by Crippen LogP contribution is 2.16. The van der Waals surface area contributed by atoms with Gasteiger partial charge in [0.05, 0.1) is 6.61 Å². The zero-order chi connectivity index (χ0) is 34.3. The molecule has 0 amide bonds. The van der Waals surface area contributed by atoms with E-state index in [1.807, 2.05) is 0 Å². The van der Waals surface area contributed by atoms with Gasteiger partial charge < -0.3 is 14.6 Å². The quantitative estimate of drug-likeness (QED) is 0.0404. The number of hydrogen-bond acceptors (Lipinski definition) is 5. The maximum Gasteiger partial charge on any atom is 0.306 e. The van der Waals surface area contributed by atoms with Crippen LogP contribution >= 0.6 is 0 Å². The summed E-state index contributed by atoms with van der Waals surface area (Å²) >= 11 is 0. The van der Waals surface area contributed by atoms with Crippen molar-refractivity contribution in [1.82, 2.24) is 0 Å². The SMILES string of the molecule is CCCC/C=C/CCCCCCCC(=O)OC[C@H](CO)OC(=O)CCCCCCCCCCCCCCCCCCCCCCCC. The van der Waals surface area contributed by atoms with Crippen molar-refractivity contribution >= 4 is 11.9 Å². The number of aliphatic hydroxyl groups is 1. The summed E-state index contributed by atoms with van der Waals surface area (Å²) < 4.78 is 10.6. The third-order valence-electron chi connectivity index (χ3n) is 9.31. The van der Waals surface area contributed by atoms with E-state index in [1.54, 1.807) is 0 Å². The van der Waals surface area contributed by atoms with Gasteiger partial charge in [-0.2, -0.15) is 0 Å². The lowest BCUT2D eigenvalue weighted by molar-refractivity contribution is -0.161. The topological polar surface area (TPSA) is 72.8 Å². The minimum absolute atomic E-state index is 0.0647. The number of allylic oxidation sites excluding steroid dienone is 2. The number of esters is 2. The van der Waals surface area contributed by atoms with Gasteiger partial charge in [0.1, 0.15) is 6.61 Å². The van der Waals surface area contributed by atoms with E-state index in [2.05, 4.69) is 26.0 Å². The van der Waals surface area contributed by atoms with Crippen LogP contribution in [-0.4, -0.2) is 36.4 Å². The summed E-state index contributed by atoms with van der Waals surface area (Å²) in [6.07, 6.45) is 44.3. The van der Waals surface area contributed by atoms with Crippen molar-refractivity contribution in [3.8, 4) is 0 Å². The van der Waals surface area contributed by atoms with Crippen molar-refractivity contribution < 1.29 is 24.2 Å². The molecule has 5 heteroatoms. The molecule has 0 unspecified atom stereocenters. The Bertz CT molecular complexity index is 676. The van der Waals surface area contributed by atoms with Crippen LogP contribution in [0, 0.1) is 0 Å². The lowest BCUT2D eigenvalue weighted by Crippen LogP contribution is -2.28. The first-order valence-electron chi connectivity index (χ1n) is 20.7. The Balaban J connectivity index is 3.45. The number of carbonyl (C=O) groups excluding carboxylic acids is 2. The smallest absolute Gasteiger partial charge is 0.306 e. The fraction of sp³-hybridized carbons (Fsp3) is 0.905. The number of hydrogen-bond donors (Lipinski definition) is 1. The predicted molar refractivity (Wildman–Crippen MR) is 201 cm³/mol. The van der Waals surface area contributed by atoms with Crippen molar-refractivity contribution in [2.24, 2.45) is 0 Å². The normalized spacial score (nSPS) is 12.1. The number of ether oxygens (including phenoxy) is 2. The molecule has 0 aliphatic rings. The maximum atomic E-state index is 12.2. The Labute approximate surface area is 292 Å². The van der Waals surface area contributed by atoms with Gasteiger partial charge in [0.2, 0.25) is 0 Å². The minimum atomic E-state index is -0.767. The second-order valence-electron chi connectivity index (χ2n) is 14.1. The fourth-order valence-electron chi connectivity index (χ4n) is 6.12. The van der Waals surface area contributed by atoms with Crippen molar-refractivity contribution in [3.05, 3.63) is 12.2 Å². The molecule has 47 heavy (non-hydrogen) atoms. The second-order valence-corrected chi connectivity index (χ2v) is 14.1. The van der Waals surface area contributed by atoms with Gasteiger partial charge in [-0.25, -0.2) is 0 Å². The van der Waals surface area contributed by atoms with Crippen LogP contribution in [0.1, 0.15) is 226 Å². The molecular weight excluding hydrogens is 584 g/mol. The average molecular weight is 665 g/mol. The Morgan fingerprint density at radius 3 is 1.21 bits per heavy atom. The Hall–Kier alpha value is -1.36. The van der Waals surface area contributed by atoms with Gasteiger partial charge in [-0.15, -0.1) is 0 Å². The molecule has 0 saturated carbocycles. The van der Waals surface area contributed by atoms with Crippen LogP contribution in [-0.2, 0) is 19.1 Å². The molecule has 278 valence electrons. The number of rotatable bonds is 38. The van der Waals surface area contributed by atoms with Crippen LogP contribution in [0.25, 0.3) is 0 Å². The molecule has 0 aromatic carbocycles. The van der Waals surface area contributed by atoms with Gasteiger partial charge >= 0.3 is 11.9 Å². The van der Waals surface area contributed by atoms with E-state index in [9.17, 15) is 14.7 Å². The Morgan fingerprint density at radius 1 is 0.468 bits per heavy atom. The lowest BCUT2D eigenvalue weighted by atomic mass is 10.0. The molecule has 0 heterocycles. The van der Waals surface area contributed by atoms with Crippen molar-refractivity contribution in [2.45, 2.75) is 232 Å². The molecule has 5 nitrogen and oxygen atoms in total. The number of carbonyl (C=O) groups is 2. The highest BCUT2D eigenvalue weighted by atomic mass is 16.6. The third kappa shape index (κ3) is 37.3. The van der Waals surface area contributed by atoms with Crippen LogP contribution in [0.2, 0.25) is 0 Å². The molecule has 0 rings (SSSR count). The van der Waals surface area contributed by atoms with Crippen LogP contribution in [0.4, 0.5) is 0 Å². The molecule has 0 aromatic rings. The molecule has 0 aliphatic carbocycles. The maximum absolute atomic E-state index is 12.2. The van der Waals surface area contributed by atoms with Crippen LogP contribution in [0.5, 0.6) is 0 Å². The molecule has 0 spiro atoms. The largest absolute Gasteiger partial charge is 0.462 e. The highest BCUT2D eigenvalue weighted by Gasteiger charge is 2.16. The zero-order valence-electron chi connectivity index (χ0n) is 31.6. The number of unbranched alkanes of at least 4 members (excludes halogenated alkanes) is 28. The third-order valence-corrected chi connectivity index (χ3v) is 9.31. The summed E-state index contributed by atoms with van der Waals surface area (Å²) in [5.41, 5.74) is 0. The monoisotopic (exact) mass is 665 g/mol. The first kappa shape index (κ1) is 45.6. The summed E-state index contributed by atoms with van der Waals surface area (Å²) in [5.74, 6) is -0.591. The molecule has 1 atom stereocenters. The molecule has 0 fully saturated rings. The lowest BCUT2D eigenvalue weighted by Gasteiger charge is -2.15. The molecule has 0 saturated heterocycles. The first-order chi connectivity index (χ1) is 23.1. The summed E-state index contributed by atoms with van der Waals surface area (Å²) in [6, 6.07) is 0. The number of aliphatic hydroxyl groups excluding tert-OH is 1. The summed E-state index contributed by atoms with van der Waals surface area (Å²) in [7, 11) is 0. The van der Waals surface area contributed by atoms with E-state index >= 15 is 0 Å². The molecule has 1 N–H and O–H groups in total. The summed E-state index contributed by atoms with van der Waals surface area (Å²) in [5, 5.41) is 9.54. The van der Waals surface area contributed by atoms with Gasteiger partial charge in [0.15, 0.2) is 6.10 Å². The van der Waals surface area contributed by atoms with Crippen molar-refractivity contribution in [2.75, 3.05) is 13.2 Å². The molecule has 0 aromatic heterocycles. The van der Waals surface area contributed by atoms with E-state index in [0.29, 0.717) is 12.8 Å². The van der Waals surface area contributed by atoms with Crippen molar-refractivity contribution in [3.63, 3.8) is 0 Å². The average Bonchev–Trinajstić information content (AvgIpc) is 3.07. The van der Waals surface area contributed by atoms with Gasteiger partial charge in [-0.05, 0) is 32.1 Å². The molecule has 0 aliphatic heterocycles. The molecular formula is C42H80O5. The first-order valence-corrected chi connectivity index (χ1v) is 20.7. The van der Waals surface area contributed by atoms with Crippen LogP contribution < -0.4 is 0 Å². The van der Waals surface area contributed by atoms with Crippen molar-refractivity contribution in [1.29, 1.82) is 0 Å². The second kappa shape index (κ2) is 39.1. The van der Waals surface area contributed by atoms with Gasteiger partial charge in [-0.1, -0.05) is 193 Å². The summed E-state index contributed by atoms with van der Waals surface area (Å²) in [6.45, 7) is 4.11. The van der Waals surface area contributed by atoms with E-state index in [4.69, 9.17) is 9.47 Å². The summed E-state index contributed by atoms with van der Waals surface area (Å²) in [4.78, 5) is 24.2. The van der Waals surface area contributed by atoms with Gasteiger partial charge in [0.25, 0.3) is 0 Å². The van der Waals surface area contributed by atoms with E-state index in [-0.39, 0.29) is 25.2 Å².